The average Bonchev–Trinajstić information content (AvgIpc) is 2.71. The number of alkyl carbamates (subject to hydrolysis) is 1. The van der Waals surface area contributed by atoms with Crippen LogP contribution in [0.15, 0.2) is 0 Å². The number of hydrazine groups is 1. The van der Waals surface area contributed by atoms with Gasteiger partial charge in [-0.25, -0.2) is 15.3 Å². The number of aromatic nitrogens is 4. The first-order chi connectivity index (χ1) is 8.81. The highest BCUT2D eigenvalue weighted by atomic mass is 16.6. The largest absolute Gasteiger partial charge is 0.444 e. The molecule has 2 amide bonds. The van der Waals surface area contributed by atoms with Gasteiger partial charge < -0.3 is 10.1 Å². The van der Waals surface area contributed by atoms with Gasteiger partial charge in [0, 0.05) is 0 Å². The molecule has 1 rings (SSSR count). The normalized spacial score (nSPS) is 10.9. The van der Waals surface area contributed by atoms with Gasteiger partial charge in [0.25, 0.3) is 5.91 Å². The Morgan fingerprint density at radius 2 is 2.11 bits per heavy atom. The summed E-state index contributed by atoms with van der Waals surface area (Å²) < 4.78 is 6.27. The molecule has 106 valence electrons. The van der Waals surface area contributed by atoms with E-state index in [1.54, 1.807) is 20.8 Å². The Kier molecular flexibility index (Phi) is 4.75. The second-order valence-electron chi connectivity index (χ2n) is 4.68. The second kappa shape index (κ2) is 6.09. The van der Waals surface area contributed by atoms with Gasteiger partial charge in [0.1, 0.15) is 12.1 Å². The van der Waals surface area contributed by atoms with Crippen LogP contribution in [0.1, 0.15) is 26.6 Å². The van der Waals surface area contributed by atoms with E-state index in [-0.39, 0.29) is 13.1 Å². The molecule has 0 radical (unpaired) electrons. The summed E-state index contributed by atoms with van der Waals surface area (Å²) in [5, 5.41) is 13.2. The highest BCUT2D eigenvalue weighted by molar-refractivity contribution is 5.74. The van der Waals surface area contributed by atoms with Crippen molar-refractivity contribution >= 4 is 12.0 Å². The lowest BCUT2D eigenvalue weighted by Crippen LogP contribution is -2.35. The highest BCUT2D eigenvalue weighted by Gasteiger charge is 2.17. The Morgan fingerprint density at radius 1 is 1.42 bits per heavy atom. The molecule has 0 aliphatic carbocycles. The quantitative estimate of drug-likeness (QED) is 0.351. The number of carbonyl (C=O) groups excluding carboxylic acids is 2. The third-order valence-electron chi connectivity index (χ3n) is 1.85. The third-order valence-corrected chi connectivity index (χ3v) is 1.85. The van der Waals surface area contributed by atoms with E-state index >= 15 is 0 Å². The van der Waals surface area contributed by atoms with Crippen molar-refractivity contribution in [2.45, 2.75) is 39.5 Å². The molecule has 0 bridgehead atoms. The molecule has 1 heterocycles. The van der Waals surface area contributed by atoms with Gasteiger partial charge in [-0.05, 0) is 31.2 Å². The molecule has 4 N–H and O–H groups in total. The first-order valence-corrected chi connectivity index (χ1v) is 5.53. The van der Waals surface area contributed by atoms with Crippen molar-refractivity contribution in [3.05, 3.63) is 5.82 Å². The summed E-state index contributed by atoms with van der Waals surface area (Å²) in [4.78, 5) is 22.5. The molecule has 1 aromatic rings. The minimum Gasteiger partial charge on any atom is -0.444 e. The van der Waals surface area contributed by atoms with Gasteiger partial charge in [0.2, 0.25) is 0 Å². The van der Waals surface area contributed by atoms with Gasteiger partial charge >= 0.3 is 6.09 Å². The fourth-order valence-corrected chi connectivity index (χ4v) is 1.12. The Balaban J connectivity index is 2.52. The number of nitrogens with two attached hydrogens (primary N) is 1. The molecule has 0 fully saturated rings. The Bertz CT molecular complexity index is 451. The van der Waals surface area contributed by atoms with E-state index in [0.29, 0.717) is 5.82 Å². The summed E-state index contributed by atoms with van der Waals surface area (Å²) in [6, 6.07) is 0. The van der Waals surface area contributed by atoms with Gasteiger partial charge in [0.05, 0.1) is 6.54 Å². The molecule has 0 atom stereocenters. The van der Waals surface area contributed by atoms with Gasteiger partial charge in [0.15, 0.2) is 5.82 Å². The van der Waals surface area contributed by atoms with E-state index in [2.05, 4.69) is 20.8 Å². The van der Waals surface area contributed by atoms with Crippen LogP contribution in [-0.2, 0) is 22.6 Å². The molecule has 1 aromatic heterocycles. The molecule has 10 nitrogen and oxygen atoms in total. The second-order valence-corrected chi connectivity index (χ2v) is 4.68. The molecule has 0 saturated heterocycles. The molecule has 0 spiro atoms. The predicted molar refractivity (Wildman–Crippen MR) is 63.2 cm³/mol. The maximum atomic E-state index is 11.4. The lowest BCUT2D eigenvalue weighted by Gasteiger charge is -2.19. The first-order valence-electron chi connectivity index (χ1n) is 5.53. The van der Waals surface area contributed by atoms with Gasteiger partial charge in [-0.15, -0.1) is 5.10 Å². The van der Waals surface area contributed by atoms with Crippen LogP contribution in [0.2, 0.25) is 0 Å². The van der Waals surface area contributed by atoms with Crippen LogP contribution in [0.25, 0.3) is 0 Å². The smallest absolute Gasteiger partial charge is 0.408 e. The topological polar surface area (TPSA) is 137 Å². The molecule has 0 aromatic carbocycles. The van der Waals surface area contributed by atoms with Crippen molar-refractivity contribution in [3.8, 4) is 0 Å². The Labute approximate surface area is 109 Å². The lowest BCUT2D eigenvalue weighted by atomic mass is 10.2. The summed E-state index contributed by atoms with van der Waals surface area (Å²) in [7, 11) is 0. The number of carbonyl (C=O) groups is 2. The molecule has 0 aliphatic heterocycles. The third kappa shape index (κ3) is 5.29. The van der Waals surface area contributed by atoms with Crippen LogP contribution in [0.4, 0.5) is 4.79 Å². The number of nitrogens with zero attached hydrogens (tertiary/aromatic N) is 4. The van der Waals surface area contributed by atoms with Crippen LogP contribution in [-0.4, -0.2) is 37.8 Å². The van der Waals surface area contributed by atoms with E-state index in [1.807, 2.05) is 5.43 Å². The number of rotatable bonds is 4. The lowest BCUT2D eigenvalue weighted by molar-refractivity contribution is -0.122. The van der Waals surface area contributed by atoms with Gasteiger partial charge in [-0.3, -0.25) is 10.2 Å². The molecule has 10 heteroatoms. The van der Waals surface area contributed by atoms with Crippen LogP contribution in [0.3, 0.4) is 0 Å². The number of hydrogen-bond donors (Lipinski definition) is 3. The summed E-state index contributed by atoms with van der Waals surface area (Å²) in [5.41, 5.74) is 1.37. The summed E-state index contributed by atoms with van der Waals surface area (Å²) in [5.74, 6) is 4.82. The number of nitrogens with one attached hydrogen (secondary N) is 2. The monoisotopic (exact) mass is 271 g/mol. The fraction of sp³-hybridized carbons (Fsp3) is 0.667. The van der Waals surface area contributed by atoms with Crippen LogP contribution < -0.4 is 16.6 Å². The summed E-state index contributed by atoms with van der Waals surface area (Å²) >= 11 is 0. The molecule has 19 heavy (non-hydrogen) atoms. The number of amides is 2. The maximum absolute atomic E-state index is 11.4. The van der Waals surface area contributed by atoms with Crippen LogP contribution in [0.5, 0.6) is 0 Å². The molecule has 0 aliphatic rings. The zero-order valence-electron chi connectivity index (χ0n) is 11.0. The number of hydrogen-bond acceptors (Lipinski definition) is 7. The molecular weight excluding hydrogens is 254 g/mol. The van der Waals surface area contributed by atoms with Crippen molar-refractivity contribution in [1.29, 1.82) is 0 Å². The zero-order valence-corrected chi connectivity index (χ0v) is 11.0. The average molecular weight is 271 g/mol. The predicted octanol–water partition coefficient (Wildman–Crippen LogP) is -1.31. The van der Waals surface area contributed by atoms with E-state index < -0.39 is 17.6 Å². The van der Waals surface area contributed by atoms with E-state index in [1.165, 1.54) is 4.68 Å². The highest BCUT2D eigenvalue weighted by Crippen LogP contribution is 2.06. The SMILES string of the molecule is CC(C)(C)OC(=O)NCc1nnnn1CC(=O)NN. The Morgan fingerprint density at radius 3 is 2.68 bits per heavy atom. The van der Waals surface area contributed by atoms with E-state index in [0.717, 1.165) is 0 Å². The standard InChI is InChI=1S/C9H17N7O3/c1-9(2,3)19-8(18)11-4-6-13-14-15-16(6)5-7(17)12-10/h4-5,10H2,1-3H3,(H,11,18)(H,12,17). The first kappa shape index (κ1) is 14.8. The van der Waals surface area contributed by atoms with Crippen molar-refractivity contribution in [1.82, 2.24) is 30.9 Å². The van der Waals surface area contributed by atoms with Crippen LogP contribution in [0, 0.1) is 0 Å². The van der Waals surface area contributed by atoms with Crippen molar-refractivity contribution in [3.63, 3.8) is 0 Å². The van der Waals surface area contributed by atoms with Gasteiger partial charge in [-0.1, -0.05) is 0 Å². The van der Waals surface area contributed by atoms with Gasteiger partial charge in [-0.2, -0.15) is 0 Å². The van der Waals surface area contributed by atoms with Crippen molar-refractivity contribution in [2.24, 2.45) is 5.84 Å². The zero-order chi connectivity index (χ0) is 14.5. The van der Waals surface area contributed by atoms with Crippen molar-refractivity contribution in [2.75, 3.05) is 0 Å². The molecule has 0 saturated carbocycles. The molecule has 0 unspecified atom stereocenters. The van der Waals surface area contributed by atoms with E-state index in [4.69, 9.17) is 10.6 Å². The van der Waals surface area contributed by atoms with E-state index in [9.17, 15) is 9.59 Å². The Hall–Kier alpha value is -2.23. The van der Waals surface area contributed by atoms with Crippen molar-refractivity contribution < 1.29 is 14.3 Å². The summed E-state index contributed by atoms with van der Waals surface area (Å²) in [6.07, 6.45) is -0.592. The maximum Gasteiger partial charge on any atom is 0.408 e. The minimum atomic E-state index is -0.592. The summed E-state index contributed by atoms with van der Waals surface area (Å²) in [6.45, 7) is 5.17. The van der Waals surface area contributed by atoms with Crippen LogP contribution >= 0.6 is 0 Å². The minimum absolute atomic E-state index is 0.0414. The number of tetrazole rings is 1. The molecular formula is C9H17N7O3. The fourth-order valence-electron chi connectivity index (χ4n) is 1.12. The number of ether oxygens (including phenoxy) is 1.